The third-order valence-corrected chi connectivity index (χ3v) is 6.34. The molecule has 2 aromatic heterocycles. The quantitative estimate of drug-likeness (QED) is 0.752. The van der Waals surface area contributed by atoms with Crippen LogP contribution in [0.25, 0.3) is 10.3 Å². The number of aromatic nitrogens is 2. The van der Waals surface area contributed by atoms with E-state index in [-0.39, 0.29) is 0 Å². The third kappa shape index (κ3) is 3.32. The molecule has 6 heteroatoms. The molecule has 0 amide bonds. The lowest BCUT2D eigenvalue weighted by Crippen LogP contribution is -2.27. The van der Waals surface area contributed by atoms with Crippen molar-refractivity contribution < 1.29 is 4.74 Å². The first-order valence-electron chi connectivity index (χ1n) is 9.25. The molecule has 5 rings (SSSR count). The standard InChI is InChI=1S/C20H22N4OS/c1-2-18-19(22-8-1)23-20(26-18)25-17-5-3-14(4-6-17)7-9-24-12-15-10-21-11-16(15)13-24/h1-6,8,15-16,21H,7,9-13H2. The van der Waals surface area contributed by atoms with Crippen LogP contribution in [-0.4, -0.2) is 47.6 Å². The molecule has 134 valence electrons. The summed E-state index contributed by atoms with van der Waals surface area (Å²) in [5.41, 5.74) is 2.10. The first-order valence-corrected chi connectivity index (χ1v) is 10.1. The zero-order valence-electron chi connectivity index (χ0n) is 14.6. The summed E-state index contributed by atoms with van der Waals surface area (Å²) >= 11 is 1.52. The average molecular weight is 366 g/mol. The highest BCUT2D eigenvalue weighted by molar-refractivity contribution is 7.20. The molecule has 0 radical (unpaired) electrons. The summed E-state index contributed by atoms with van der Waals surface area (Å²) in [5.74, 6) is 2.57. The van der Waals surface area contributed by atoms with Crippen LogP contribution in [0.4, 0.5) is 0 Å². The molecule has 2 unspecified atom stereocenters. The van der Waals surface area contributed by atoms with Crippen LogP contribution < -0.4 is 10.1 Å². The minimum Gasteiger partial charge on any atom is -0.431 e. The van der Waals surface area contributed by atoms with Crippen LogP contribution in [0.5, 0.6) is 10.9 Å². The molecule has 2 aliphatic rings. The Morgan fingerprint density at radius 3 is 2.69 bits per heavy atom. The van der Waals surface area contributed by atoms with E-state index in [1.54, 1.807) is 6.20 Å². The van der Waals surface area contributed by atoms with Gasteiger partial charge in [-0.05, 0) is 61.2 Å². The van der Waals surface area contributed by atoms with Crippen LogP contribution in [0.2, 0.25) is 0 Å². The van der Waals surface area contributed by atoms with E-state index in [1.165, 1.54) is 43.1 Å². The SMILES string of the molecule is c1cnc2nc(Oc3ccc(CCN4CC5CNCC5C4)cc3)sc2c1. The minimum absolute atomic E-state index is 0.642. The van der Waals surface area contributed by atoms with Crippen LogP contribution in [0.3, 0.4) is 0 Å². The van der Waals surface area contributed by atoms with Crippen molar-refractivity contribution >= 4 is 21.7 Å². The summed E-state index contributed by atoms with van der Waals surface area (Å²) in [6.07, 6.45) is 2.85. The van der Waals surface area contributed by atoms with Gasteiger partial charge in [-0.3, -0.25) is 0 Å². The largest absolute Gasteiger partial charge is 0.431 e. The number of nitrogens with one attached hydrogen (secondary N) is 1. The monoisotopic (exact) mass is 366 g/mol. The van der Waals surface area contributed by atoms with Crippen LogP contribution >= 0.6 is 11.3 Å². The lowest BCUT2D eigenvalue weighted by atomic mass is 10.0. The van der Waals surface area contributed by atoms with Crippen molar-refractivity contribution in [1.29, 1.82) is 0 Å². The molecule has 5 nitrogen and oxygen atoms in total. The van der Waals surface area contributed by atoms with Crippen molar-refractivity contribution in [3.05, 3.63) is 48.2 Å². The van der Waals surface area contributed by atoms with Gasteiger partial charge in [0.05, 0.1) is 4.70 Å². The number of fused-ring (bicyclic) bond motifs is 2. The second-order valence-electron chi connectivity index (χ2n) is 7.24. The van der Waals surface area contributed by atoms with Gasteiger partial charge in [-0.15, -0.1) is 0 Å². The second kappa shape index (κ2) is 6.95. The van der Waals surface area contributed by atoms with E-state index < -0.39 is 0 Å². The van der Waals surface area contributed by atoms with Crippen molar-refractivity contribution in [3.8, 4) is 10.9 Å². The molecule has 0 aliphatic carbocycles. The molecule has 2 fully saturated rings. The number of benzene rings is 1. The average Bonchev–Trinajstić information content (AvgIpc) is 3.35. The molecule has 2 atom stereocenters. The highest BCUT2D eigenvalue weighted by Crippen LogP contribution is 2.30. The fourth-order valence-corrected chi connectivity index (χ4v) is 4.83. The Morgan fingerprint density at radius 1 is 1.12 bits per heavy atom. The summed E-state index contributed by atoms with van der Waals surface area (Å²) in [6.45, 7) is 6.06. The topological polar surface area (TPSA) is 50.3 Å². The number of ether oxygens (including phenoxy) is 1. The van der Waals surface area contributed by atoms with E-state index >= 15 is 0 Å². The van der Waals surface area contributed by atoms with E-state index in [2.05, 4.69) is 32.3 Å². The maximum atomic E-state index is 5.90. The zero-order chi connectivity index (χ0) is 17.3. The van der Waals surface area contributed by atoms with E-state index in [0.717, 1.165) is 40.9 Å². The number of nitrogens with zero attached hydrogens (tertiary/aromatic N) is 3. The Balaban J connectivity index is 1.18. The third-order valence-electron chi connectivity index (χ3n) is 5.46. The van der Waals surface area contributed by atoms with Crippen LogP contribution in [0.15, 0.2) is 42.6 Å². The van der Waals surface area contributed by atoms with Crippen LogP contribution in [0.1, 0.15) is 5.56 Å². The van der Waals surface area contributed by atoms with Crippen molar-refractivity contribution in [2.45, 2.75) is 6.42 Å². The first kappa shape index (κ1) is 16.2. The van der Waals surface area contributed by atoms with Gasteiger partial charge < -0.3 is 15.0 Å². The van der Waals surface area contributed by atoms with E-state index in [4.69, 9.17) is 4.74 Å². The van der Waals surface area contributed by atoms with Crippen molar-refractivity contribution in [2.75, 3.05) is 32.7 Å². The lowest BCUT2D eigenvalue weighted by molar-refractivity contribution is 0.317. The van der Waals surface area contributed by atoms with Crippen molar-refractivity contribution in [1.82, 2.24) is 20.2 Å². The summed E-state index contributed by atoms with van der Waals surface area (Å²) in [7, 11) is 0. The molecule has 0 spiro atoms. The fourth-order valence-electron chi connectivity index (χ4n) is 4.04. The van der Waals surface area contributed by atoms with Gasteiger partial charge in [-0.25, -0.2) is 4.98 Å². The lowest BCUT2D eigenvalue weighted by Gasteiger charge is -2.16. The van der Waals surface area contributed by atoms with Crippen LogP contribution in [0, 0.1) is 11.8 Å². The fraction of sp³-hybridized carbons (Fsp3) is 0.400. The molecule has 1 aromatic carbocycles. The number of rotatable bonds is 5. The maximum absolute atomic E-state index is 5.90. The molecule has 2 aliphatic heterocycles. The number of likely N-dealkylation sites (tertiary alicyclic amines) is 1. The smallest absolute Gasteiger partial charge is 0.281 e. The van der Waals surface area contributed by atoms with Gasteiger partial charge in [-0.2, -0.15) is 4.98 Å². The highest BCUT2D eigenvalue weighted by atomic mass is 32.1. The van der Waals surface area contributed by atoms with Gasteiger partial charge in [0.1, 0.15) is 5.75 Å². The molecule has 2 saturated heterocycles. The zero-order valence-corrected chi connectivity index (χ0v) is 15.4. The number of pyridine rings is 1. The van der Waals surface area contributed by atoms with Gasteiger partial charge in [0.2, 0.25) is 0 Å². The molecule has 4 heterocycles. The van der Waals surface area contributed by atoms with Crippen molar-refractivity contribution in [2.24, 2.45) is 11.8 Å². The number of hydrogen-bond donors (Lipinski definition) is 1. The van der Waals surface area contributed by atoms with E-state index in [1.807, 2.05) is 24.3 Å². The maximum Gasteiger partial charge on any atom is 0.281 e. The first-order chi connectivity index (χ1) is 12.8. The van der Waals surface area contributed by atoms with Gasteiger partial charge in [0.25, 0.3) is 5.19 Å². The van der Waals surface area contributed by atoms with Crippen molar-refractivity contribution in [3.63, 3.8) is 0 Å². The number of hydrogen-bond acceptors (Lipinski definition) is 6. The Hall–Kier alpha value is -2.02. The predicted molar refractivity (Wildman–Crippen MR) is 104 cm³/mol. The normalized spacial score (nSPS) is 22.8. The molecule has 0 bridgehead atoms. The Labute approximate surface area is 157 Å². The molecule has 0 saturated carbocycles. The predicted octanol–water partition coefficient (Wildman–Crippen LogP) is 3.18. The molecular formula is C20H22N4OS. The number of thiazole rings is 1. The Bertz CT molecular complexity index is 849. The summed E-state index contributed by atoms with van der Waals surface area (Å²) in [5, 5.41) is 4.15. The second-order valence-corrected chi connectivity index (χ2v) is 8.23. The molecule has 1 N–H and O–H groups in total. The van der Waals surface area contributed by atoms with Gasteiger partial charge >= 0.3 is 0 Å². The van der Waals surface area contributed by atoms with Crippen LogP contribution in [-0.2, 0) is 6.42 Å². The minimum atomic E-state index is 0.642. The van der Waals surface area contributed by atoms with Gasteiger partial charge in [-0.1, -0.05) is 23.5 Å². The molecule has 26 heavy (non-hydrogen) atoms. The Morgan fingerprint density at radius 2 is 1.92 bits per heavy atom. The van der Waals surface area contributed by atoms with Gasteiger partial charge in [0.15, 0.2) is 5.65 Å². The Kier molecular flexibility index (Phi) is 4.32. The van der Waals surface area contributed by atoms with E-state index in [9.17, 15) is 0 Å². The molecular weight excluding hydrogens is 344 g/mol. The molecule has 3 aromatic rings. The van der Waals surface area contributed by atoms with E-state index in [0.29, 0.717) is 5.19 Å². The summed E-state index contributed by atoms with van der Waals surface area (Å²) in [4.78, 5) is 11.3. The highest BCUT2D eigenvalue weighted by Gasteiger charge is 2.35. The summed E-state index contributed by atoms with van der Waals surface area (Å²) in [6, 6.07) is 12.3. The summed E-state index contributed by atoms with van der Waals surface area (Å²) < 4.78 is 6.94. The van der Waals surface area contributed by atoms with Gasteiger partial charge in [0, 0.05) is 25.8 Å².